The number of para-hydroxylation sites is 1. The number of rotatable bonds is 4. The average molecular weight is 407 g/mol. The van der Waals surface area contributed by atoms with E-state index in [9.17, 15) is 0 Å². The van der Waals surface area contributed by atoms with Crippen molar-refractivity contribution < 1.29 is 4.74 Å². The molecular formula is C23H23ClN4O. The molecule has 1 fully saturated rings. The van der Waals surface area contributed by atoms with Crippen LogP contribution < -0.4 is 4.90 Å². The van der Waals surface area contributed by atoms with E-state index >= 15 is 0 Å². The largest absolute Gasteiger partial charge is 0.378 e. The van der Waals surface area contributed by atoms with Crippen molar-refractivity contribution in [3.05, 3.63) is 70.0 Å². The van der Waals surface area contributed by atoms with Gasteiger partial charge in [0.05, 0.1) is 36.0 Å². The number of halogens is 1. The van der Waals surface area contributed by atoms with Crippen LogP contribution in [-0.2, 0) is 11.3 Å². The maximum absolute atomic E-state index is 9.13. The molecule has 3 aromatic rings. The van der Waals surface area contributed by atoms with Crippen LogP contribution in [0.2, 0.25) is 5.02 Å². The summed E-state index contributed by atoms with van der Waals surface area (Å²) >= 11 is 6.26. The van der Waals surface area contributed by atoms with E-state index in [4.69, 9.17) is 26.7 Å². The van der Waals surface area contributed by atoms with Crippen LogP contribution in [0.15, 0.2) is 42.5 Å². The fourth-order valence-corrected chi connectivity index (χ4v) is 4.17. The van der Waals surface area contributed by atoms with Gasteiger partial charge in [0, 0.05) is 30.0 Å². The van der Waals surface area contributed by atoms with Crippen molar-refractivity contribution in [3.63, 3.8) is 0 Å². The van der Waals surface area contributed by atoms with Gasteiger partial charge in [-0.15, -0.1) is 0 Å². The normalized spacial score (nSPS) is 14.1. The maximum Gasteiger partial charge on any atom is 0.101 e. The van der Waals surface area contributed by atoms with Gasteiger partial charge in [0.2, 0.25) is 0 Å². The Morgan fingerprint density at radius 2 is 1.90 bits per heavy atom. The van der Waals surface area contributed by atoms with Gasteiger partial charge in [-0.25, -0.2) is 0 Å². The van der Waals surface area contributed by atoms with Crippen molar-refractivity contribution in [1.29, 1.82) is 5.26 Å². The molecule has 2 heterocycles. The third kappa shape index (κ3) is 3.87. The fourth-order valence-electron chi connectivity index (χ4n) is 3.95. The highest BCUT2D eigenvalue weighted by Gasteiger charge is 2.18. The minimum absolute atomic E-state index is 0.467. The molecule has 5 nitrogen and oxygen atoms in total. The van der Waals surface area contributed by atoms with E-state index in [0.717, 1.165) is 48.8 Å². The molecule has 6 heteroatoms. The van der Waals surface area contributed by atoms with Gasteiger partial charge in [0.15, 0.2) is 0 Å². The first-order valence-corrected chi connectivity index (χ1v) is 10.1. The van der Waals surface area contributed by atoms with Crippen LogP contribution >= 0.6 is 11.6 Å². The molecule has 1 aromatic heterocycles. The van der Waals surface area contributed by atoms with Crippen molar-refractivity contribution in [3.8, 4) is 17.2 Å². The van der Waals surface area contributed by atoms with E-state index in [2.05, 4.69) is 46.8 Å². The molecule has 148 valence electrons. The van der Waals surface area contributed by atoms with E-state index in [1.807, 2.05) is 19.1 Å². The number of hydrogen-bond donors (Lipinski definition) is 0. The second kappa shape index (κ2) is 8.28. The predicted molar refractivity (Wildman–Crippen MR) is 115 cm³/mol. The number of benzene rings is 2. The van der Waals surface area contributed by atoms with Gasteiger partial charge < -0.3 is 9.64 Å². The van der Waals surface area contributed by atoms with Crippen LogP contribution in [-0.4, -0.2) is 36.1 Å². The van der Waals surface area contributed by atoms with Crippen molar-refractivity contribution in [1.82, 2.24) is 9.78 Å². The molecule has 29 heavy (non-hydrogen) atoms. The highest BCUT2D eigenvalue weighted by atomic mass is 35.5. The highest BCUT2D eigenvalue weighted by Crippen LogP contribution is 2.31. The van der Waals surface area contributed by atoms with Crippen molar-refractivity contribution >= 4 is 17.3 Å². The summed E-state index contributed by atoms with van der Waals surface area (Å²) < 4.78 is 7.55. The topological polar surface area (TPSA) is 54.1 Å². The second-order valence-electron chi connectivity index (χ2n) is 7.24. The van der Waals surface area contributed by atoms with Crippen molar-refractivity contribution in [2.75, 3.05) is 31.2 Å². The highest BCUT2D eigenvalue weighted by molar-refractivity contribution is 6.32. The van der Waals surface area contributed by atoms with E-state index in [1.165, 1.54) is 11.3 Å². The molecule has 1 aliphatic heterocycles. The Balaban J connectivity index is 1.68. The molecule has 0 bridgehead atoms. The van der Waals surface area contributed by atoms with E-state index < -0.39 is 0 Å². The number of aryl methyl sites for hydroxylation is 1. The quantitative estimate of drug-likeness (QED) is 0.636. The predicted octanol–water partition coefficient (Wildman–Crippen LogP) is 4.58. The zero-order valence-corrected chi connectivity index (χ0v) is 17.4. The monoisotopic (exact) mass is 406 g/mol. The Morgan fingerprint density at radius 3 is 2.62 bits per heavy atom. The Morgan fingerprint density at radius 1 is 1.14 bits per heavy atom. The van der Waals surface area contributed by atoms with Crippen LogP contribution in [0.1, 0.15) is 22.5 Å². The molecule has 0 amide bonds. The first-order chi connectivity index (χ1) is 14.1. The molecular weight excluding hydrogens is 384 g/mol. The summed E-state index contributed by atoms with van der Waals surface area (Å²) in [6, 6.07) is 16.2. The molecule has 0 aliphatic carbocycles. The summed E-state index contributed by atoms with van der Waals surface area (Å²) in [5, 5.41) is 14.4. The van der Waals surface area contributed by atoms with Crippen LogP contribution in [0.5, 0.6) is 0 Å². The SMILES string of the molecule is Cc1nn(Cc2ccccc2N2CCOCC2)c(C)c1-c1ccc(C#N)c(Cl)c1. The average Bonchev–Trinajstić information content (AvgIpc) is 3.02. The summed E-state index contributed by atoms with van der Waals surface area (Å²) in [5.74, 6) is 0. The third-order valence-corrected chi connectivity index (χ3v) is 5.74. The number of ether oxygens (including phenoxy) is 1. The maximum atomic E-state index is 9.13. The zero-order chi connectivity index (χ0) is 20.4. The minimum Gasteiger partial charge on any atom is -0.378 e. The zero-order valence-electron chi connectivity index (χ0n) is 16.7. The lowest BCUT2D eigenvalue weighted by Gasteiger charge is -2.30. The summed E-state index contributed by atoms with van der Waals surface area (Å²) in [6.07, 6.45) is 0. The lowest BCUT2D eigenvalue weighted by atomic mass is 10.0. The molecule has 1 saturated heterocycles. The molecule has 0 N–H and O–H groups in total. The Kier molecular flexibility index (Phi) is 5.57. The van der Waals surface area contributed by atoms with Crippen molar-refractivity contribution in [2.45, 2.75) is 20.4 Å². The molecule has 0 saturated carbocycles. The Hall–Kier alpha value is -2.81. The van der Waals surface area contributed by atoms with Crippen LogP contribution in [0, 0.1) is 25.2 Å². The molecule has 0 unspecified atom stereocenters. The fraction of sp³-hybridized carbons (Fsp3) is 0.304. The van der Waals surface area contributed by atoms with Gasteiger partial charge in [-0.05, 0) is 43.2 Å². The molecule has 2 aromatic carbocycles. The first-order valence-electron chi connectivity index (χ1n) is 9.73. The van der Waals surface area contributed by atoms with E-state index in [-0.39, 0.29) is 0 Å². The molecule has 1 aliphatic rings. The van der Waals surface area contributed by atoms with Crippen LogP contribution in [0.3, 0.4) is 0 Å². The summed E-state index contributed by atoms with van der Waals surface area (Å²) in [7, 11) is 0. The van der Waals surface area contributed by atoms with Gasteiger partial charge in [0.25, 0.3) is 0 Å². The van der Waals surface area contributed by atoms with E-state index in [0.29, 0.717) is 17.1 Å². The Labute approximate surface area is 176 Å². The van der Waals surface area contributed by atoms with Gasteiger partial charge in [-0.3, -0.25) is 4.68 Å². The summed E-state index contributed by atoms with van der Waals surface area (Å²) in [4.78, 5) is 2.38. The van der Waals surface area contributed by atoms with Gasteiger partial charge in [-0.2, -0.15) is 10.4 Å². The molecule has 0 radical (unpaired) electrons. The number of hydrogen-bond acceptors (Lipinski definition) is 4. The lowest BCUT2D eigenvalue weighted by Crippen LogP contribution is -2.36. The number of aromatic nitrogens is 2. The number of nitriles is 1. The third-order valence-electron chi connectivity index (χ3n) is 5.42. The lowest BCUT2D eigenvalue weighted by molar-refractivity contribution is 0.122. The first kappa shape index (κ1) is 19.5. The van der Waals surface area contributed by atoms with Gasteiger partial charge in [-0.1, -0.05) is 35.9 Å². The molecule has 4 rings (SSSR count). The number of nitrogens with zero attached hydrogens (tertiary/aromatic N) is 4. The van der Waals surface area contributed by atoms with Gasteiger partial charge in [0.1, 0.15) is 6.07 Å². The van der Waals surface area contributed by atoms with E-state index in [1.54, 1.807) is 6.07 Å². The van der Waals surface area contributed by atoms with Crippen LogP contribution in [0.4, 0.5) is 5.69 Å². The van der Waals surface area contributed by atoms with Crippen LogP contribution in [0.25, 0.3) is 11.1 Å². The summed E-state index contributed by atoms with van der Waals surface area (Å²) in [6.45, 7) is 8.13. The second-order valence-corrected chi connectivity index (χ2v) is 7.65. The van der Waals surface area contributed by atoms with Crippen molar-refractivity contribution in [2.24, 2.45) is 0 Å². The smallest absolute Gasteiger partial charge is 0.101 e. The molecule has 0 atom stereocenters. The summed E-state index contributed by atoms with van der Waals surface area (Å²) in [5.41, 5.74) is 7.05. The van der Waals surface area contributed by atoms with Gasteiger partial charge >= 0.3 is 0 Å². The standard InChI is InChI=1S/C23H23ClN4O/c1-16-23(18-7-8-19(14-25)21(24)13-18)17(2)28(26-16)15-20-5-3-4-6-22(20)27-9-11-29-12-10-27/h3-8,13H,9-12,15H2,1-2H3. The number of anilines is 1. The minimum atomic E-state index is 0.467. The number of morpholine rings is 1. The molecule has 0 spiro atoms. The Bertz CT molecular complexity index is 1080.